The summed E-state index contributed by atoms with van der Waals surface area (Å²) in [5, 5.41) is 57.7. The van der Waals surface area contributed by atoms with Crippen molar-refractivity contribution in [1.82, 2.24) is 39.9 Å². The van der Waals surface area contributed by atoms with Crippen molar-refractivity contribution in [1.29, 1.82) is 0 Å². The Balaban J connectivity index is 0.000000160. The van der Waals surface area contributed by atoms with E-state index in [1.165, 1.54) is 55.9 Å². The van der Waals surface area contributed by atoms with Crippen molar-refractivity contribution in [2.45, 2.75) is 129 Å². The number of nitrogens with two attached hydrogens (primary N) is 1. The molecule has 0 spiro atoms. The Kier molecular flexibility index (Phi) is 30.0. The number of benzene rings is 2. The monoisotopic (exact) mass is 1550 g/mol. The number of pyridine rings is 4. The Morgan fingerprint density at radius 1 is 0.519 bits per heavy atom. The lowest BCUT2D eigenvalue weighted by atomic mass is 9.98. The molecule has 0 bridgehead atoms. The quantitative estimate of drug-likeness (QED) is 0.0310. The highest BCUT2D eigenvalue weighted by Gasteiger charge is 2.28. The van der Waals surface area contributed by atoms with Crippen LogP contribution in [0.2, 0.25) is 5.28 Å². The molecule has 3 saturated heterocycles. The molecule has 0 radical (unpaired) electrons. The average Bonchev–Trinajstić information content (AvgIpc) is 0.784. The van der Waals surface area contributed by atoms with Crippen LogP contribution in [0.4, 0.5) is 63.5 Å². The Hall–Kier alpha value is -9.27. The molecule has 0 atom stereocenters. The highest BCUT2D eigenvalue weighted by molar-refractivity contribution is 9.10. The molecular formula is C74H90BrClF4N16O10. The van der Waals surface area contributed by atoms with E-state index in [0.29, 0.717) is 78.7 Å². The van der Waals surface area contributed by atoms with Gasteiger partial charge >= 0.3 is 11.6 Å². The highest BCUT2D eigenvalue weighted by atomic mass is 79.9. The minimum Gasteiger partial charge on any atom is -0.486 e. The van der Waals surface area contributed by atoms with Crippen LogP contribution >= 0.6 is 27.5 Å². The number of piperidine rings is 3. The first kappa shape index (κ1) is 80.8. The van der Waals surface area contributed by atoms with Gasteiger partial charge in [0, 0.05) is 81.3 Å². The van der Waals surface area contributed by atoms with Crippen molar-refractivity contribution in [3.63, 3.8) is 0 Å². The third kappa shape index (κ3) is 23.9. The molecule has 6 aliphatic rings. The molecule has 2 aromatic carbocycles. The second kappa shape index (κ2) is 39.4. The summed E-state index contributed by atoms with van der Waals surface area (Å²) in [5.74, 6) is -0.479. The molecule has 1 saturated carbocycles. The summed E-state index contributed by atoms with van der Waals surface area (Å²) in [4.78, 5) is 62.0. The molecule has 26 nitrogen and oxygen atoms in total. The molecule has 0 amide bonds. The van der Waals surface area contributed by atoms with E-state index in [2.05, 4.69) is 103 Å². The molecule has 5 aliphatic heterocycles. The Labute approximate surface area is 626 Å². The Bertz CT molecular complexity index is 4130. The van der Waals surface area contributed by atoms with Crippen molar-refractivity contribution in [3.05, 3.63) is 175 Å². The lowest BCUT2D eigenvalue weighted by molar-refractivity contribution is -0.389. The fourth-order valence-corrected chi connectivity index (χ4v) is 12.9. The number of rotatable bonds is 13. The van der Waals surface area contributed by atoms with E-state index in [9.17, 15) is 53.1 Å². The number of aromatic nitrogens is 8. The third-order valence-corrected chi connectivity index (χ3v) is 18.6. The number of aliphatic hydroxyl groups is 4. The van der Waals surface area contributed by atoms with Crippen LogP contribution < -0.4 is 39.7 Å². The Morgan fingerprint density at radius 3 is 1.34 bits per heavy atom. The standard InChI is InChI=1S/C27H31F2N5O2.C16H16ClF2N3O.C10H13N3O3.C10H15N3O.C6H12O.C5H3BrN2O2/c1-17(2)16-34-9-10-36-27-22(28)11-18(12-24(27)34)26-23(29)15-31-25(32-26)13-19-3-4-20(14-30-19)33-7-5-21(35)6-8-33;1-9(2)8-22-3-4-23-15-11(18)5-10(6-13(15)22)14-12(19)7-20-16(17)21-14;14-9-3-5-12(6-4-9)8-1-2-10(11-7-8)13(15)16;11-10-2-1-8(7-12-10)13-5-3-9(14)4-6-13;7-6-4-2-1-3-5-6;6-4-1-2-5(7-3-4)8(9)10/h3-4,11-12,14-15,17,21,35H,5-10,13,16H2,1-2H3;5-7,9H,3-4,8H2,1-2H3;1-2,7,9,14H,3-6H2;1-2,7,9,14H,3-6H2,(H2,11,12);6-7H,1-5H2;1-3H. The van der Waals surface area contributed by atoms with Crippen molar-refractivity contribution < 1.29 is 57.3 Å². The van der Waals surface area contributed by atoms with Gasteiger partial charge in [-0.15, -0.1) is 0 Å². The van der Waals surface area contributed by atoms with Gasteiger partial charge in [-0.25, -0.2) is 42.5 Å². The van der Waals surface area contributed by atoms with Crippen LogP contribution in [0.5, 0.6) is 11.5 Å². The topological polar surface area (TPSA) is 331 Å². The minimum absolute atomic E-state index is 0.0261. The fourth-order valence-electron chi connectivity index (χ4n) is 12.5. The third-order valence-electron chi connectivity index (χ3n) is 18.0. The number of ether oxygens (including phenoxy) is 2. The molecule has 0 unspecified atom stereocenters. The number of hydrogen-bond donors (Lipinski definition) is 5. The SMILES string of the molecule is CC(C)CN1CCOc2c(F)cc(-c3nc(Cc4ccc(N5CCC(O)CC5)cn4)ncc3F)cc21.CC(C)CN1CCOc2c(F)cc(-c3nc(Cl)ncc3F)cc21.Nc1ccc(N2CCC(O)CC2)cn1.O=[N+]([O-])c1ccc(Br)cn1.O=[N+]([O-])c1ccc(N2CCC(O)CC2)cn1.OC1CCCCC1. The smallest absolute Gasteiger partial charge is 0.363 e. The maximum atomic E-state index is 15.0. The number of nitro groups is 2. The van der Waals surface area contributed by atoms with Gasteiger partial charge in [0.05, 0.1) is 102 Å². The van der Waals surface area contributed by atoms with E-state index in [-0.39, 0.29) is 64.2 Å². The summed E-state index contributed by atoms with van der Waals surface area (Å²) in [6.45, 7) is 16.9. The number of fused-ring (bicyclic) bond motifs is 2. The second-order valence-corrected chi connectivity index (χ2v) is 28.4. The normalized spacial score (nSPS) is 16.2. The largest absolute Gasteiger partial charge is 0.486 e. The summed E-state index contributed by atoms with van der Waals surface area (Å²) in [6, 6.07) is 19.6. The van der Waals surface area contributed by atoms with E-state index in [1.807, 2.05) is 23.1 Å². The summed E-state index contributed by atoms with van der Waals surface area (Å²) in [5.41, 5.74) is 11.1. The van der Waals surface area contributed by atoms with Crippen LogP contribution in [-0.4, -0.2) is 173 Å². The molecule has 6 N–H and O–H groups in total. The molecule has 8 aromatic rings. The number of hydrogen-bond acceptors (Lipinski definition) is 24. The number of nitrogens with zero attached hydrogens (tertiary/aromatic N) is 15. The van der Waals surface area contributed by atoms with E-state index >= 15 is 0 Å². The van der Waals surface area contributed by atoms with Crippen LogP contribution in [-0.2, 0) is 6.42 Å². The summed E-state index contributed by atoms with van der Waals surface area (Å²) >= 11 is 8.84. The zero-order valence-electron chi connectivity index (χ0n) is 59.6. The number of halogens is 6. The van der Waals surface area contributed by atoms with Gasteiger partial charge in [-0.1, -0.05) is 47.0 Å². The van der Waals surface area contributed by atoms with Gasteiger partial charge in [0.2, 0.25) is 5.28 Å². The van der Waals surface area contributed by atoms with Gasteiger partial charge in [-0.3, -0.25) is 4.98 Å². The number of anilines is 6. The van der Waals surface area contributed by atoms with Crippen LogP contribution in [0.3, 0.4) is 0 Å². The van der Waals surface area contributed by atoms with Crippen molar-refractivity contribution in [2.24, 2.45) is 11.8 Å². The van der Waals surface area contributed by atoms with Crippen molar-refractivity contribution in [2.75, 3.05) is 109 Å². The molecule has 106 heavy (non-hydrogen) atoms. The second-order valence-electron chi connectivity index (χ2n) is 27.1. The fraction of sp³-hybridized carbons (Fsp3) is 0.459. The lowest BCUT2D eigenvalue weighted by Crippen LogP contribution is -2.35. The predicted octanol–water partition coefficient (Wildman–Crippen LogP) is 12.8. The molecule has 1 aliphatic carbocycles. The summed E-state index contributed by atoms with van der Waals surface area (Å²) in [6.07, 6.45) is 18.9. The lowest BCUT2D eigenvalue weighted by Gasteiger charge is -2.33. The molecule has 11 heterocycles. The summed E-state index contributed by atoms with van der Waals surface area (Å²) < 4.78 is 69.9. The van der Waals surface area contributed by atoms with Gasteiger partial charge in [0.25, 0.3) is 0 Å². The van der Waals surface area contributed by atoms with Crippen LogP contribution in [0.1, 0.15) is 110 Å². The predicted molar refractivity (Wildman–Crippen MR) is 401 cm³/mol. The van der Waals surface area contributed by atoms with Crippen molar-refractivity contribution in [3.8, 4) is 34.0 Å². The zero-order valence-corrected chi connectivity index (χ0v) is 62.0. The first-order valence-corrected chi connectivity index (χ1v) is 36.6. The van der Waals surface area contributed by atoms with Gasteiger partial charge in [0.1, 0.15) is 36.2 Å². The molecule has 14 rings (SSSR count). The van der Waals surface area contributed by atoms with Gasteiger partial charge < -0.3 is 80.4 Å². The van der Waals surface area contributed by atoms with Gasteiger partial charge in [-0.05, 0) is 171 Å². The molecular weight excluding hydrogens is 1460 g/mol. The van der Waals surface area contributed by atoms with Gasteiger partial charge in [0.15, 0.2) is 47.2 Å². The molecule has 6 aromatic heterocycles. The van der Waals surface area contributed by atoms with Crippen LogP contribution in [0.25, 0.3) is 22.5 Å². The van der Waals surface area contributed by atoms with Gasteiger partial charge in [-0.2, -0.15) is 0 Å². The van der Waals surface area contributed by atoms with E-state index in [0.717, 1.165) is 143 Å². The molecule has 568 valence electrons. The first-order chi connectivity index (χ1) is 50.8. The van der Waals surface area contributed by atoms with Crippen LogP contribution in [0.15, 0.2) is 114 Å². The van der Waals surface area contributed by atoms with Crippen LogP contribution in [0, 0.1) is 55.3 Å². The van der Waals surface area contributed by atoms with E-state index in [1.54, 1.807) is 42.7 Å². The van der Waals surface area contributed by atoms with Crippen molar-refractivity contribution >= 4 is 73.4 Å². The number of aliphatic hydroxyl groups excluding tert-OH is 4. The zero-order chi connectivity index (χ0) is 76.0. The summed E-state index contributed by atoms with van der Waals surface area (Å²) in [7, 11) is 0. The first-order valence-electron chi connectivity index (χ1n) is 35.5. The molecule has 4 fully saturated rings. The maximum absolute atomic E-state index is 15.0. The maximum Gasteiger partial charge on any atom is 0.363 e. The minimum atomic E-state index is -0.652. The highest BCUT2D eigenvalue weighted by Crippen LogP contribution is 2.41. The molecule has 32 heteroatoms. The van der Waals surface area contributed by atoms with E-state index in [4.69, 9.17) is 31.9 Å². The average molecular weight is 1550 g/mol. The Morgan fingerprint density at radius 2 is 0.943 bits per heavy atom. The van der Waals surface area contributed by atoms with E-state index < -0.39 is 33.1 Å². The number of nitrogen functional groups attached to an aromatic ring is 1.